The molecule has 6 rings (SSSR count). The van der Waals surface area contributed by atoms with E-state index in [-0.39, 0.29) is 29.1 Å². The molecular weight excluding hydrogens is 472 g/mol. The van der Waals surface area contributed by atoms with Gasteiger partial charge in [0, 0.05) is 48.4 Å². The number of piperidine rings is 2. The maximum atomic E-state index is 12.4. The van der Waals surface area contributed by atoms with E-state index in [2.05, 4.69) is 43.2 Å². The number of amides is 2. The van der Waals surface area contributed by atoms with E-state index < -0.39 is 0 Å². The zero-order valence-electron chi connectivity index (χ0n) is 22.6. The number of hydrogen-bond donors (Lipinski definition) is 2. The Kier molecular flexibility index (Phi) is 6.72. The number of fused-ring (bicyclic) bond motifs is 2. The number of carbonyl (C=O) groups excluding carboxylic acids is 2. The number of nitrogen functional groups attached to an aromatic ring is 2. The standard InChI is InChI=1S/C16H18N2O2.C16H22N2/c1-3-8-18-14(19)12-13(15(18)20)16(12,4-2)10-6-5-7-11(17)9-10;1-3-8-18-10-14-15(11-18)16(14,4-2)12-6-5-7-13(17)9-12/h3,5-7,9,12-13H,1,4,8,17H2,2H3;3,5-7,9,14-15H,1,4,8,10-11,17H2,2H3. The largest absolute Gasteiger partial charge is 0.399 e. The number of imide groups is 1. The molecule has 38 heavy (non-hydrogen) atoms. The summed E-state index contributed by atoms with van der Waals surface area (Å²) >= 11 is 0. The van der Waals surface area contributed by atoms with Crippen LogP contribution in [0.25, 0.3) is 0 Å². The first kappa shape index (κ1) is 26.2. The van der Waals surface area contributed by atoms with Gasteiger partial charge in [-0.05, 0) is 60.1 Å². The fourth-order valence-electron chi connectivity index (χ4n) is 7.88. The molecule has 0 bridgehead atoms. The molecule has 0 aromatic heterocycles. The van der Waals surface area contributed by atoms with Gasteiger partial charge in [-0.15, -0.1) is 13.2 Å². The molecule has 6 nitrogen and oxygen atoms in total. The van der Waals surface area contributed by atoms with E-state index in [0.29, 0.717) is 17.6 Å². The minimum absolute atomic E-state index is 0.0656. The fourth-order valence-corrected chi connectivity index (χ4v) is 7.88. The second-order valence-corrected chi connectivity index (χ2v) is 11.3. The van der Waals surface area contributed by atoms with Crippen LogP contribution < -0.4 is 11.5 Å². The Morgan fingerprint density at radius 1 is 0.816 bits per heavy atom. The molecule has 4 N–H and O–H groups in total. The second kappa shape index (κ2) is 9.73. The molecule has 2 heterocycles. The molecule has 4 atom stereocenters. The highest BCUT2D eigenvalue weighted by Gasteiger charge is 2.76. The lowest BCUT2D eigenvalue weighted by Crippen LogP contribution is -2.38. The zero-order valence-corrected chi connectivity index (χ0v) is 22.6. The predicted molar refractivity (Wildman–Crippen MR) is 153 cm³/mol. The average molecular weight is 513 g/mol. The lowest BCUT2D eigenvalue weighted by molar-refractivity contribution is -0.141. The highest BCUT2D eigenvalue weighted by atomic mass is 16.2. The van der Waals surface area contributed by atoms with Crippen molar-refractivity contribution in [3.63, 3.8) is 0 Å². The van der Waals surface area contributed by atoms with Crippen LogP contribution >= 0.6 is 0 Å². The Morgan fingerprint density at radius 3 is 1.71 bits per heavy atom. The Balaban J connectivity index is 0.000000156. The third kappa shape index (κ3) is 3.80. The molecule has 4 fully saturated rings. The van der Waals surface area contributed by atoms with Gasteiger partial charge in [0.2, 0.25) is 11.8 Å². The van der Waals surface area contributed by atoms with Crippen molar-refractivity contribution in [2.45, 2.75) is 37.5 Å². The van der Waals surface area contributed by atoms with E-state index in [0.717, 1.165) is 36.1 Å². The van der Waals surface area contributed by atoms with Crippen molar-refractivity contribution in [3.05, 3.63) is 85.0 Å². The van der Waals surface area contributed by atoms with E-state index in [1.807, 2.05) is 43.3 Å². The van der Waals surface area contributed by atoms with Crippen molar-refractivity contribution in [2.75, 3.05) is 37.6 Å². The number of nitrogens with zero attached hydrogens (tertiary/aromatic N) is 2. The smallest absolute Gasteiger partial charge is 0.234 e. The maximum absolute atomic E-state index is 12.4. The summed E-state index contributed by atoms with van der Waals surface area (Å²) in [6, 6.07) is 16.1. The minimum Gasteiger partial charge on any atom is -0.399 e. The van der Waals surface area contributed by atoms with Gasteiger partial charge in [0.1, 0.15) is 0 Å². The molecule has 6 heteroatoms. The van der Waals surface area contributed by atoms with E-state index in [1.165, 1.54) is 30.0 Å². The number of hydrogen-bond acceptors (Lipinski definition) is 5. The summed E-state index contributed by atoms with van der Waals surface area (Å²) in [7, 11) is 0. The van der Waals surface area contributed by atoms with Gasteiger partial charge in [-0.3, -0.25) is 19.4 Å². The van der Waals surface area contributed by atoms with Crippen molar-refractivity contribution in [3.8, 4) is 0 Å². The highest BCUT2D eigenvalue weighted by molar-refractivity contribution is 6.12. The van der Waals surface area contributed by atoms with Gasteiger partial charge >= 0.3 is 0 Å². The lowest BCUT2D eigenvalue weighted by Gasteiger charge is -2.25. The summed E-state index contributed by atoms with van der Waals surface area (Å²) in [6.45, 7) is 15.6. The Labute approximate surface area is 226 Å². The second-order valence-electron chi connectivity index (χ2n) is 11.3. The first-order valence-corrected chi connectivity index (χ1v) is 13.8. The first-order valence-electron chi connectivity index (χ1n) is 13.8. The van der Waals surface area contributed by atoms with Crippen molar-refractivity contribution >= 4 is 23.2 Å². The van der Waals surface area contributed by atoms with Crippen LogP contribution in [-0.4, -0.2) is 47.8 Å². The van der Waals surface area contributed by atoms with Crippen LogP contribution in [-0.2, 0) is 20.4 Å². The number of likely N-dealkylation sites (tertiary alicyclic amines) is 2. The molecule has 2 aromatic rings. The first-order chi connectivity index (χ1) is 18.3. The molecule has 2 saturated carbocycles. The highest BCUT2D eigenvalue weighted by Crippen LogP contribution is 2.67. The van der Waals surface area contributed by atoms with Crippen molar-refractivity contribution < 1.29 is 9.59 Å². The summed E-state index contributed by atoms with van der Waals surface area (Å²) in [4.78, 5) is 28.7. The van der Waals surface area contributed by atoms with E-state index in [4.69, 9.17) is 11.5 Å². The molecule has 2 aliphatic carbocycles. The number of nitrogens with two attached hydrogens (primary N) is 2. The molecule has 2 aromatic carbocycles. The van der Waals surface area contributed by atoms with Crippen LogP contribution in [0.1, 0.15) is 37.8 Å². The van der Waals surface area contributed by atoms with Crippen molar-refractivity contribution in [1.82, 2.24) is 9.80 Å². The summed E-state index contributed by atoms with van der Waals surface area (Å²) in [5.74, 6) is 1.07. The van der Waals surface area contributed by atoms with Crippen LogP contribution in [0, 0.1) is 23.7 Å². The fraction of sp³-hybridized carbons (Fsp3) is 0.438. The van der Waals surface area contributed by atoms with Gasteiger partial charge in [0.15, 0.2) is 0 Å². The molecule has 0 radical (unpaired) electrons. The van der Waals surface area contributed by atoms with Crippen molar-refractivity contribution in [2.24, 2.45) is 23.7 Å². The van der Waals surface area contributed by atoms with Gasteiger partial charge in [-0.1, -0.05) is 50.3 Å². The number of benzene rings is 2. The molecule has 2 aliphatic heterocycles. The normalized spacial score (nSPS) is 32.7. The number of anilines is 2. The Morgan fingerprint density at radius 2 is 1.29 bits per heavy atom. The molecular formula is C32H40N4O2. The molecule has 4 aliphatic rings. The summed E-state index contributed by atoms with van der Waals surface area (Å²) in [6.07, 6.45) is 5.60. The number of carbonyl (C=O) groups is 2. The van der Waals surface area contributed by atoms with Gasteiger partial charge in [-0.25, -0.2) is 0 Å². The quantitative estimate of drug-likeness (QED) is 0.311. The monoisotopic (exact) mass is 512 g/mol. The van der Waals surface area contributed by atoms with Gasteiger partial charge < -0.3 is 11.5 Å². The summed E-state index contributed by atoms with van der Waals surface area (Å²) < 4.78 is 0. The third-order valence-electron chi connectivity index (χ3n) is 9.73. The van der Waals surface area contributed by atoms with Crippen LogP contribution in [0.15, 0.2) is 73.8 Å². The summed E-state index contributed by atoms with van der Waals surface area (Å²) in [5, 5.41) is 0. The molecule has 2 saturated heterocycles. The Bertz CT molecular complexity index is 1240. The van der Waals surface area contributed by atoms with Gasteiger partial charge in [0.25, 0.3) is 0 Å². The summed E-state index contributed by atoms with van der Waals surface area (Å²) in [5.41, 5.74) is 15.9. The molecule has 2 amide bonds. The van der Waals surface area contributed by atoms with E-state index in [9.17, 15) is 9.59 Å². The van der Waals surface area contributed by atoms with Crippen LogP contribution in [0.2, 0.25) is 0 Å². The maximum Gasteiger partial charge on any atom is 0.234 e. The molecule has 4 unspecified atom stereocenters. The third-order valence-corrected chi connectivity index (χ3v) is 9.73. The van der Waals surface area contributed by atoms with Crippen LogP contribution in [0.3, 0.4) is 0 Å². The van der Waals surface area contributed by atoms with Crippen LogP contribution in [0.4, 0.5) is 11.4 Å². The SMILES string of the molecule is C=CCN1C(=O)C2C(C1=O)C2(CC)c1cccc(N)c1.C=CCN1CC2C(C1)C2(CC)c1cccc(N)c1. The van der Waals surface area contributed by atoms with Crippen molar-refractivity contribution in [1.29, 1.82) is 0 Å². The van der Waals surface area contributed by atoms with E-state index in [1.54, 1.807) is 6.08 Å². The van der Waals surface area contributed by atoms with Crippen LogP contribution in [0.5, 0.6) is 0 Å². The number of rotatable bonds is 8. The average Bonchev–Trinajstić information content (AvgIpc) is 3.66. The predicted octanol–water partition coefficient (Wildman–Crippen LogP) is 4.38. The van der Waals surface area contributed by atoms with Gasteiger partial charge in [-0.2, -0.15) is 0 Å². The minimum atomic E-state index is -0.346. The molecule has 200 valence electrons. The van der Waals surface area contributed by atoms with Gasteiger partial charge in [0.05, 0.1) is 11.8 Å². The zero-order chi connectivity index (χ0) is 27.2. The topological polar surface area (TPSA) is 92.7 Å². The Hall–Kier alpha value is -3.38. The lowest BCUT2D eigenvalue weighted by atomic mass is 9.87. The van der Waals surface area contributed by atoms with E-state index >= 15 is 0 Å². The molecule has 0 spiro atoms.